The monoisotopic (exact) mass is 337 g/mol. The Morgan fingerprint density at radius 3 is 2.64 bits per heavy atom. The van der Waals surface area contributed by atoms with Gasteiger partial charge in [0.25, 0.3) is 5.91 Å². The molecule has 2 aromatic carbocycles. The van der Waals surface area contributed by atoms with Gasteiger partial charge in [-0.25, -0.2) is 0 Å². The molecule has 0 aliphatic heterocycles. The van der Waals surface area contributed by atoms with Crippen molar-refractivity contribution in [2.75, 3.05) is 7.11 Å². The summed E-state index contributed by atoms with van der Waals surface area (Å²) in [5.41, 5.74) is 3.43. The summed E-state index contributed by atoms with van der Waals surface area (Å²) < 4.78 is 10.3. The van der Waals surface area contributed by atoms with Crippen LogP contribution in [0.15, 0.2) is 47.0 Å². The third-order valence-corrected chi connectivity index (χ3v) is 3.85. The average molecular weight is 337 g/mol. The van der Waals surface area contributed by atoms with E-state index in [4.69, 9.17) is 9.26 Å². The number of carbonyl (C=O) groups excluding carboxylic acids is 1. The molecule has 3 aromatic rings. The van der Waals surface area contributed by atoms with E-state index in [-0.39, 0.29) is 12.5 Å². The number of nitrogens with one attached hydrogen (secondary N) is 1. The standard InChI is InChI=1S/C19H19N3O3/c1-12-4-5-13(2)16(10-12)19(23)20-11-17-21-18(22-25-17)14-6-8-15(24-3)9-7-14/h4-10H,11H2,1-3H3,(H,20,23). The predicted octanol–water partition coefficient (Wildman–Crippen LogP) is 3.29. The van der Waals surface area contributed by atoms with Crippen LogP contribution in [0.5, 0.6) is 5.75 Å². The summed E-state index contributed by atoms with van der Waals surface area (Å²) in [4.78, 5) is 16.6. The zero-order valence-electron chi connectivity index (χ0n) is 14.4. The molecule has 6 nitrogen and oxygen atoms in total. The Morgan fingerprint density at radius 2 is 1.92 bits per heavy atom. The van der Waals surface area contributed by atoms with Gasteiger partial charge in [0.05, 0.1) is 13.7 Å². The van der Waals surface area contributed by atoms with E-state index in [2.05, 4.69) is 15.5 Å². The summed E-state index contributed by atoms with van der Waals surface area (Å²) in [6.07, 6.45) is 0. The van der Waals surface area contributed by atoms with Gasteiger partial charge in [-0.2, -0.15) is 4.98 Å². The van der Waals surface area contributed by atoms with E-state index in [1.54, 1.807) is 7.11 Å². The summed E-state index contributed by atoms with van der Waals surface area (Å²) in [5.74, 6) is 1.42. The molecule has 0 aliphatic rings. The second-order valence-corrected chi connectivity index (χ2v) is 5.74. The van der Waals surface area contributed by atoms with E-state index in [1.807, 2.05) is 56.3 Å². The molecule has 1 heterocycles. The molecule has 0 bridgehead atoms. The van der Waals surface area contributed by atoms with E-state index >= 15 is 0 Å². The molecule has 0 saturated heterocycles. The lowest BCUT2D eigenvalue weighted by molar-refractivity contribution is 0.0945. The van der Waals surface area contributed by atoms with Crippen molar-refractivity contribution in [1.29, 1.82) is 0 Å². The second kappa shape index (κ2) is 7.17. The number of hydrogen-bond donors (Lipinski definition) is 1. The SMILES string of the molecule is COc1ccc(-c2noc(CNC(=O)c3cc(C)ccc3C)n2)cc1. The summed E-state index contributed by atoms with van der Waals surface area (Å²) in [7, 11) is 1.61. The quantitative estimate of drug-likeness (QED) is 0.773. The molecule has 0 spiro atoms. The highest BCUT2D eigenvalue weighted by atomic mass is 16.5. The second-order valence-electron chi connectivity index (χ2n) is 5.74. The molecule has 128 valence electrons. The fourth-order valence-corrected chi connectivity index (χ4v) is 2.42. The van der Waals surface area contributed by atoms with Crippen LogP contribution in [0.25, 0.3) is 11.4 Å². The predicted molar refractivity (Wildman–Crippen MR) is 93.4 cm³/mol. The molecule has 0 atom stereocenters. The fraction of sp³-hybridized carbons (Fsp3) is 0.211. The number of hydrogen-bond acceptors (Lipinski definition) is 5. The average Bonchev–Trinajstić information content (AvgIpc) is 3.11. The van der Waals surface area contributed by atoms with Gasteiger partial charge < -0.3 is 14.6 Å². The Bertz CT molecular complexity index is 885. The molecule has 1 N–H and O–H groups in total. The Balaban J connectivity index is 1.67. The van der Waals surface area contributed by atoms with Crippen LogP contribution >= 0.6 is 0 Å². The Morgan fingerprint density at radius 1 is 1.16 bits per heavy atom. The summed E-state index contributed by atoms with van der Waals surface area (Å²) in [5, 5.41) is 6.76. The maximum atomic E-state index is 12.3. The lowest BCUT2D eigenvalue weighted by Gasteiger charge is -2.06. The van der Waals surface area contributed by atoms with Gasteiger partial charge in [0.2, 0.25) is 11.7 Å². The zero-order valence-corrected chi connectivity index (χ0v) is 14.4. The molecular weight excluding hydrogens is 318 g/mol. The van der Waals surface area contributed by atoms with Crippen molar-refractivity contribution in [3.63, 3.8) is 0 Å². The number of rotatable bonds is 5. The van der Waals surface area contributed by atoms with Crippen molar-refractivity contribution in [3.8, 4) is 17.1 Å². The van der Waals surface area contributed by atoms with Gasteiger partial charge in [-0.05, 0) is 49.7 Å². The highest BCUT2D eigenvalue weighted by Gasteiger charge is 2.12. The van der Waals surface area contributed by atoms with E-state index in [0.717, 1.165) is 22.4 Å². The van der Waals surface area contributed by atoms with E-state index < -0.39 is 0 Å². The molecule has 6 heteroatoms. The van der Waals surface area contributed by atoms with Gasteiger partial charge >= 0.3 is 0 Å². The third-order valence-electron chi connectivity index (χ3n) is 3.85. The summed E-state index contributed by atoms with van der Waals surface area (Å²) >= 11 is 0. The number of ether oxygens (including phenoxy) is 1. The van der Waals surface area contributed by atoms with Crippen LogP contribution in [0.4, 0.5) is 0 Å². The largest absolute Gasteiger partial charge is 0.497 e. The minimum atomic E-state index is -0.162. The van der Waals surface area contributed by atoms with Gasteiger partial charge in [0.1, 0.15) is 5.75 Å². The molecule has 1 amide bonds. The molecule has 0 saturated carbocycles. The van der Waals surface area contributed by atoms with Gasteiger partial charge in [-0.1, -0.05) is 22.9 Å². The number of amides is 1. The van der Waals surface area contributed by atoms with Crippen LogP contribution in [0, 0.1) is 13.8 Å². The number of benzene rings is 2. The number of aryl methyl sites for hydroxylation is 2. The first-order chi connectivity index (χ1) is 12.1. The number of aromatic nitrogens is 2. The van der Waals surface area contributed by atoms with Crippen LogP contribution in [0.2, 0.25) is 0 Å². The van der Waals surface area contributed by atoms with Gasteiger partial charge in [-0.3, -0.25) is 4.79 Å². The highest BCUT2D eigenvalue weighted by Crippen LogP contribution is 2.19. The van der Waals surface area contributed by atoms with Crippen LogP contribution < -0.4 is 10.1 Å². The first-order valence-corrected chi connectivity index (χ1v) is 7.89. The third kappa shape index (κ3) is 3.85. The number of carbonyl (C=O) groups is 1. The molecule has 3 rings (SSSR count). The molecular formula is C19H19N3O3. The van der Waals surface area contributed by atoms with Crippen molar-refractivity contribution in [2.45, 2.75) is 20.4 Å². The Kier molecular flexibility index (Phi) is 4.79. The molecule has 1 aromatic heterocycles. The van der Waals surface area contributed by atoms with Crippen molar-refractivity contribution >= 4 is 5.91 Å². The molecule has 0 aliphatic carbocycles. The van der Waals surface area contributed by atoms with Crippen LogP contribution in [0.1, 0.15) is 27.4 Å². The van der Waals surface area contributed by atoms with Gasteiger partial charge in [-0.15, -0.1) is 0 Å². The molecule has 25 heavy (non-hydrogen) atoms. The first-order valence-electron chi connectivity index (χ1n) is 7.89. The minimum Gasteiger partial charge on any atom is -0.497 e. The Labute approximate surface area is 145 Å². The zero-order chi connectivity index (χ0) is 17.8. The van der Waals surface area contributed by atoms with E-state index in [1.165, 1.54) is 0 Å². The van der Waals surface area contributed by atoms with Gasteiger partial charge in [0.15, 0.2) is 0 Å². The van der Waals surface area contributed by atoms with Crippen LogP contribution in [0.3, 0.4) is 0 Å². The topological polar surface area (TPSA) is 77.3 Å². The smallest absolute Gasteiger partial charge is 0.251 e. The normalized spacial score (nSPS) is 10.5. The van der Waals surface area contributed by atoms with Crippen LogP contribution in [-0.4, -0.2) is 23.2 Å². The maximum Gasteiger partial charge on any atom is 0.251 e. The van der Waals surface area contributed by atoms with Crippen molar-refractivity contribution in [3.05, 3.63) is 65.0 Å². The lowest BCUT2D eigenvalue weighted by Crippen LogP contribution is -2.23. The highest BCUT2D eigenvalue weighted by molar-refractivity contribution is 5.95. The molecule has 0 radical (unpaired) electrons. The Hall–Kier alpha value is -3.15. The lowest BCUT2D eigenvalue weighted by atomic mass is 10.1. The summed E-state index contributed by atoms with van der Waals surface area (Å²) in [6, 6.07) is 13.1. The molecule has 0 fully saturated rings. The first kappa shape index (κ1) is 16.7. The van der Waals surface area contributed by atoms with Crippen molar-refractivity contribution < 1.29 is 14.1 Å². The van der Waals surface area contributed by atoms with Crippen molar-refractivity contribution in [2.24, 2.45) is 0 Å². The fourth-order valence-electron chi connectivity index (χ4n) is 2.42. The molecule has 0 unspecified atom stereocenters. The van der Waals surface area contributed by atoms with Crippen LogP contribution in [-0.2, 0) is 6.54 Å². The van der Waals surface area contributed by atoms with E-state index in [9.17, 15) is 4.79 Å². The number of methoxy groups -OCH3 is 1. The van der Waals surface area contributed by atoms with Crippen molar-refractivity contribution in [1.82, 2.24) is 15.5 Å². The van der Waals surface area contributed by atoms with E-state index in [0.29, 0.717) is 17.3 Å². The minimum absolute atomic E-state index is 0.162. The maximum absolute atomic E-state index is 12.3. The number of nitrogens with zero attached hydrogens (tertiary/aromatic N) is 2. The summed E-state index contributed by atoms with van der Waals surface area (Å²) in [6.45, 7) is 4.04. The van der Waals surface area contributed by atoms with Gasteiger partial charge in [0, 0.05) is 11.1 Å².